The summed E-state index contributed by atoms with van der Waals surface area (Å²) >= 11 is 5.17. The molecule has 2 atom stereocenters. The summed E-state index contributed by atoms with van der Waals surface area (Å²) in [6, 6.07) is 1.41. The minimum Gasteiger partial charge on any atom is -0.453 e. The van der Waals surface area contributed by atoms with E-state index in [1.807, 2.05) is 0 Å². The van der Waals surface area contributed by atoms with Crippen molar-refractivity contribution in [2.75, 3.05) is 25.5 Å². The molecule has 0 aromatic carbocycles. The van der Waals surface area contributed by atoms with Crippen molar-refractivity contribution in [3.05, 3.63) is 24.1 Å². The van der Waals surface area contributed by atoms with Crippen LogP contribution in [0.2, 0.25) is 0 Å². The summed E-state index contributed by atoms with van der Waals surface area (Å²) < 4.78 is 23.0. The zero-order valence-corrected chi connectivity index (χ0v) is 18.5. The highest BCUT2D eigenvalue weighted by molar-refractivity contribution is 7.82. The van der Waals surface area contributed by atoms with Gasteiger partial charge in [0.05, 0.1) is 25.4 Å². The number of aromatic nitrogens is 1. The summed E-state index contributed by atoms with van der Waals surface area (Å²) in [7, 11) is 1.27. The number of nitrogens with zero attached hydrogens (tertiary/aromatic N) is 2. The SMILES string of the molecule is COC(=O)N1CC[C@H](NC(=S)C(=O)Nc2ccc(F)cn2)[C@H](NC(=O)OC(C)(C)C)C1. The molecule has 1 saturated heterocycles. The third kappa shape index (κ3) is 7.63. The van der Waals surface area contributed by atoms with Crippen LogP contribution in [-0.2, 0) is 14.3 Å². The van der Waals surface area contributed by atoms with E-state index in [1.165, 1.54) is 18.1 Å². The maximum Gasteiger partial charge on any atom is 0.409 e. The molecule has 12 heteroatoms. The number of carbonyl (C=O) groups is 3. The number of thiocarbonyl (C=S) groups is 1. The minimum atomic E-state index is -0.707. The predicted molar refractivity (Wildman–Crippen MR) is 114 cm³/mol. The number of alkyl carbamates (subject to hydrolysis) is 1. The lowest BCUT2D eigenvalue weighted by molar-refractivity contribution is -0.110. The van der Waals surface area contributed by atoms with E-state index in [0.717, 1.165) is 12.3 Å². The van der Waals surface area contributed by atoms with Gasteiger partial charge in [0.25, 0.3) is 5.91 Å². The summed E-state index contributed by atoms with van der Waals surface area (Å²) in [4.78, 5) is 41.6. The van der Waals surface area contributed by atoms with E-state index >= 15 is 0 Å². The number of amides is 3. The second-order valence-corrected chi connectivity index (χ2v) is 8.26. The van der Waals surface area contributed by atoms with Crippen molar-refractivity contribution >= 4 is 41.1 Å². The van der Waals surface area contributed by atoms with Gasteiger partial charge in [0.2, 0.25) is 0 Å². The molecule has 10 nitrogen and oxygen atoms in total. The number of likely N-dealkylation sites (tertiary alicyclic amines) is 1. The number of pyridine rings is 1. The van der Waals surface area contributed by atoms with Gasteiger partial charge in [-0.3, -0.25) is 4.79 Å². The molecule has 1 aromatic heterocycles. The van der Waals surface area contributed by atoms with E-state index in [9.17, 15) is 18.8 Å². The Morgan fingerprint density at radius 3 is 2.52 bits per heavy atom. The summed E-state index contributed by atoms with van der Waals surface area (Å²) in [6.45, 7) is 5.65. The fraction of sp³-hybridized carbons (Fsp3) is 0.526. The van der Waals surface area contributed by atoms with Crippen LogP contribution in [0.3, 0.4) is 0 Å². The summed E-state index contributed by atoms with van der Waals surface area (Å²) in [5, 5.41) is 8.10. The molecule has 1 fully saturated rings. The first kappa shape index (κ1) is 24.3. The fourth-order valence-electron chi connectivity index (χ4n) is 2.88. The predicted octanol–water partition coefficient (Wildman–Crippen LogP) is 1.81. The van der Waals surface area contributed by atoms with Gasteiger partial charge in [0, 0.05) is 13.1 Å². The molecule has 3 amide bonds. The molecule has 0 saturated carbocycles. The van der Waals surface area contributed by atoms with Gasteiger partial charge in [-0.2, -0.15) is 0 Å². The van der Waals surface area contributed by atoms with Gasteiger partial charge in [-0.25, -0.2) is 19.0 Å². The number of nitrogens with one attached hydrogen (secondary N) is 3. The van der Waals surface area contributed by atoms with E-state index in [-0.39, 0.29) is 17.4 Å². The number of hydrogen-bond donors (Lipinski definition) is 3. The highest BCUT2D eigenvalue weighted by Gasteiger charge is 2.35. The van der Waals surface area contributed by atoms with Crippen molar-refractivity contribution in [3.8, 4) is 0 Å². The van der Waals surface area contributed by atoms with Crippen molar-refractivity contribution in [2.45, 2.75) is 44.9 Å². The van der Waals surface area contributed by atoms with Crippen LogP contribution in [0.25, 0.3) is 0 Å². The van der Waals surface area contributed by atoms with Crippen molar-refractivity contribution < 1.29 is 28.2 Å². The van der Waals surface area contributed by atoms with E-state index < -0.39 is 41.6 Å². The Kier molecular flexibility index (Phi) is 8.08. The second kappa shape index (κ2) is 10.3. The fourth-order valence-corrected chi connectivity index (χ4v) is 3.08. The molecule has 0 radical (unpaired) electrons. The van der Waals surface area contributed by atoms with Gasteiger partial charge in [-0.05, 0) is 39.3 Å². The van der Waals surface area contributed by atoms with Crippen molar-refractivity contribution in [1.29, 1.82) is 0 Å². The molecule has 1 aliphatic heterocycles. The zero-order valence-electron chi connectivity index (χ0n) is 17.7. The molecule has 2 rings (SSSR count). The van der Waals surface area contributed by atoms with E-state index in [0.29, 0.717) is 13.0 Å². The average Bonchev–Trinajstić information content (AvgIpc) is 2.68. The van der Waals surface area contributed by atoms with Crippen LogP contribution in [0.5, 0.6) is 0 Å². The summed E-state index contributed by atoms with van der Waals surface area (Å²) in [6.07, 6.45) is 0.159. The summed E-state index contributed by atoms with van der Waals surface area (Å²) in [5.74, 6) is -1.04. The van der Waals surface area contributed by atoms with Gasteiger partial charge in [0.15, 0.2) is 4.99 Å². The monoisotopic (exact) mass is 455 g/mol. The van der Waals surface area contributed by atoms with Crippen LogP contribution in [0, 0.1) is 5.82 Å². The number of anilines is 1. The van der Waals surface area contributed by atoms with Gasteiger partial charge >= 0.3 is 12.2 Å². The molecule has 170 valence electrons. The van der Waals surface area contributed by atoms with E-state index in [4.69, 9.17) is 21.7 Å². The quantitative estimate of drug-likeness (QED) is 0.590. The number of piperidine rings is 1. The zero-order chi connectivity index (χ0) is 23.2. The Morgan fingerprint density at radius 1 is 1.23 bits per heavy atom. The van der Waals surface area contributed by atoms with Crippen molar-refractivity contribution in [3.63, 3.8) is 0 Å². The van der Waals surface area contributed by atoms with Gasteiger partial charge in [-0.15, -0.1) is 0 Å². The van der Waals surface area contributed by atoms with Crippen LogP contribution < -0.4 is 16.0 Å². The molecule has 0 aliphatic carbocycles. The van der Waals surface area contributed by atoms with Crippen LogP contribution in [-0.4, -0.2) is 70.9 Å². The highest BCUT2D eigenvalue weighted by Crippen LogP contribution is 2.15. The third-order valence-corrected chi connectivity index (χ3v) is 4.54. The number of rotatable bonds is 3. The lowest BCUT2D eigenvalue weighted by Gasteiger charge is -2.38. The highest BCUT2D eigenvalue weighted by atomic mass is 32.1. The summed E-state index contributed by atoms with van der Waals surface area (Å²) in [5.41, 5.74) is -0.707. The smallest absolute Gasteiger partial charge is 0.409 e. The third-order valence-electron chi connectivity index (χ3n) is 4.24. The number of methoxy groups -OCH3 is 1. The first-order valence-electron chi connectivity index (χ1n) is 9.54. The van der Waals surface area contributed by atoms with Crippen LogP contribution in [0.15, 0.2) is 18.3 Å². The molecule has 31 heavy (non-hydrogen) atoms. The second-order valence-electron chi connectivity index (χ2n) is 7.85. The number of ether oxygens (including phenoxy) is 2. The largest absolute Gasteiger partial charge is 0.453 e. The number of halogens is 1. The Hall–Kier alpha value is -3.02. The van der Waals surface area contributed by atoms with E-state index in [2.05, 4.69) is 20.9 Å². The van der Waals surface area contributed by atoms with Gasteiger partial charge in [0.1, 0.15) is 17.2 Å². The van der Waals surface area contributed by atoms with Crippen molar-refractivity contribution in [1.82, 2.24) is 20.5 Å². The number of hydrogen-bond acceptors (Lipinski definition) is 7. The normalized spacial score (nSPS) is 18.5. The first-order valence-corrected chi connectivity index (χ1v) is 9.95. The van der Waals surface area contributed by atoms with Crippen LogP contribution >= 0.6 is 12.2 Å². The molecule has 0 bridgehead atoms. The molecule has 1 aromatic rings. The minimum absolute atomic E-state index is 0.132. The van der Waals surface area contributed by atoms with Crippen molar-refractivity contribution in [2.24, 2.45) is 0 Å². The van der Waals surface area contributed by atoms with Gasteiger partial charge < -0.3 is 30.3 Å². The standard InChI is InChI=1S/C19H26FN5O5S/c1-19(2,3)30-17(27)23-13-10-25(18(28)29-4)8-7-12(13)22-16(31)15(26)24-14-6-5-11(20)9-21-14/h5-6,9,12-13H,7-8,10H2,1-4H3,(H,22,31)(H,23,27)(H,21,24,26)/t12-,13+/m0/s1. The van der Waals surface area contributed by atoms with Crippen LogP contribution in [0.4, 0.5) is 19.8 Å². The first-order chi connectivity index (χ1) is 14.5. The molecule has 2 heterocycles. The maximum atomic E-state index is 13.0. The molecular formula is C19H26FN5O5S. The molecular weight excluding hydrogens is 429 g/mol. The maximum absolute atomic E-state index is 13.0. The molecule has 0 spiro atoms. The Morgan fingerprint density at radius 2 is 1.94 bits per heavy atom. The Labute approximate surface area is 184 Å². The Bertz CT molecular complexity index is 830. The number of carbonyl (C=O) groups excluding carboxylic acids is 3. The van der Waals surface area contributed by atoms with Crippen LogP contribution in [0.1, 0.15) is 27.2 Å². The average molecular weight is 456 g/mol. The Balaban J connectivity index is 2.04. The molecule has 3 N–H and O–H groups in total. The topological polar surface area (TPSA) is 122 Å². The lowest BCUT2D eigenvalue weighted by Crippen LogP contribution is -2.62. The molecule has 1 aliphatic rings. The molecule has 0 unspecified atom stereocenters. The van der Waals surface area contributed by atoms with E-state index in [1.54, 1.807) is 20.8 Å². The van der Waals surface area contributed by atoms with Gasteiger partial charge in [-0.1, -0.05) is 12.2 Å². The lowest BCUT2D eigenvalue weighted by atomic mass is 9.99.